The summed E-state index contributed by atoms with van der Waals surface area (Å²) in [6.07, 6.45) is -4.70. The molecule has 0 spiro atoms. The molecule has 0 aliphatic carbocycles. The van der Waals surface area contributed by atoms with Gasteiger partial charge in [-0.15, -0.1) is 0 Å². The van der Waals surface area contributed by atoms with Crippen LogP contribution in [0, 0.1) is 10.1 Å². The standard InChI is InChI=1S/C25H17F3N2O6/c1-36-19-11-7-14(8-12-19)21-20(22(31)15-5-9-17(10-6-15)30(34)35)23(32)24(33)29(21)18-4-2-3-16(13-18)25(26,27)28/h2-13,21,31H,1H3/b22-20+/t21-/m0/s1. The number of aliphatic hydroxyl groups excluding tert-OH is 1. The minimum Gasteiger partial charge on any atom is -0.507 e. The summed E-state index contributed by atoms with van der Waals surface area (Å²) < 4.78 is 45.2. The summed E-state index contributed by atoms with van der Waals surface area (Å²) in [7, 11) is 1.43. The van der Waals surface area contributed by atoms with Crippen molar-refractivity contribution in [1.29, 1.82) is 0 Å². The first-order valence-corrected chi connectivity index (χ1v) is 10.4. The smallest absolute Gasteiger partial charge is 0.416 e. The Morgan fingerprint density at radius 2 is 1.67 bits per heavy atom. The molecule has 1 atom stereocenters. The molecular formula is C25H17F3N2O6. The molecular weight excluding hydrogens is 481 g/mol. The van der Waals surface area contributed by atoms with Gasteiger partial charge in [0, 0.05) is 23.4 Å². The number of non-ortho nitro benzene ring substituents is 1. The van der Waals surface area contributed by atoms with E-state index in [1.807, 2.05) is 0 Å². The molecule has 3 aromatic carbocycles. The second kappa shape index (κ2) is 9.17. The van der Waals surface area contributed by atoms with Gasteiger partial charge in [0.15, 0.2) is 0 Å². The third-order valence-corrected chi connectivity index (χ3v) is 5.68. The number of nitro benzene ring substituents is 1. The molecule has 1 amide bonds. The lowest BCUT2D eigenvalue weighted by Crippen LogP contribution is -2.29. The van der Waals surface area contributed by atoms with Crippen molar-refractivity contribution in [1.82, 2.24) is 0 Å². The Morgan fingerprint density at radius 1 is 1.03 bits per heavy atom. The number of hydrogen-bond acceptors (Lipinski definition) is 6. The highest BCUT2D eigenvalue weighted by Crippen LogP contribution is 2.43. The number of nitro groups is 1. The first-order valence-electron chi connectivity index (χ1n) is 10.4. The number of amides is 1. The summed E-state index contributed by atoms with van der Waals surface area (Å²) >= 11 is 0. The zero-order chi connectivity index (χ0) is 26.2. The van der Waals surface area contributed by atoms with Crippen molar-refractivity contribution in [3.05, 3.63) is 105 Å². The molecule has 4 rings (SSSR count). The van der Waals surface area contributed by atoms with E-state index in [2.05, 4.69) is 0 Å². The van der Waals surface area contributed by atoms with Gasteiger partial charge in [-0.25, -0.2) is 0 Å². The highest BCUT2D eigenvalue weighted by Gasteiger charge is 2.47. The first-order chi connectivity index (χ1) is 17.0. The molecule has 3 aromatic rings. The second-order valence-electron chi connectivity index (χ2n) is 7.79. The average Bonchev–Trinajstić information content (AvgIpc) is 3.13. The summed E-state index contributed by atoms with van der Waals surface area (Å²) in [5, 5.41) is 22.0. The van der Waals surface area contributed by atoms with Gasteiger partial charge in [0.1, 0.15) is 11.5 Å². The number of ketones is 1. The summed E-state index contributed by atoms with van der Waals surface area (Å²) in [5.41, 5.74) is -1.53. The Bertz CT molecular complexity index is 1380. The SMILES string of the molecule is COc1ccc([C@H]2/C(=C(\O)c3ccc([N+](=O)[O-])cc3)C(=O)C(=O)N2c2cccc(C(F)(F)F)c2)cc1. The van der Waals surface area contributed by atoms with Crippen LogP contribution < -0.4 is 9.64 Å². The van der Waals surface area contributed by atoms with E-state index in [0.717, 1.165) is 35.2 Å². The average molecular weight is 498 g/mol. The van der Waals surface area contributed by atoms with Crippen molar-refractivity contribution in [2.45, 2.75) is 12.2 Å². The molecule has 0 bridgehead atoms. The van der Waals surface area contributed by atoms with Gasteiger partial charge < -0.3 is 9.84 Å². The number of hydrogen-bond donors (Lipinski definition) is 1. The van der Waals surface area contributed by atoms with E-state index >= 15 is 0 Å². The molecule has 36 heavy (non-hydrogen) atoms. The largest absolute Gasteiger partial charge is 0.507 e. The van der Waals surface area contributed by atoms with Gasteiger partial charge in [-0.1, -0.05) is 18.2 Å². The molecule has 1 saturated heterocycles. The number of carbonyl (C=O) groups excluding carboxylic acids is 2. The van der Waals surface area contributed by atoms with Gasteiger partial charge in [-0.05, 0) is 48.0 Å². The Kier molecular flexibility index (Phi) is 6.23. The van der Waals surface area contributed by atoms with Crippen LogP contribution in [-0.4, -0.2) is 28.8 Å². The Morgan fingerprint density at radius 3 is 2.22 bits per heavy atom. The summed E-state index contributed by atoms with van der Waals surface area (Å²) in [6.45, 7) is 0. The number of nitrogens with zero attached hydrogens (tertiary/aromatic N) is 2. The van der Waals surface area contributed by atoms with E-state index in [1.54, 1.807) is 0 Å². The lowest BCUT2D eigenvalue weighted by Gasteiger charge is -2.26. The fourth-order valence-corrected chi connectivity index (χ4v) is 3.93. The first kappa shape index (κ1) is 24.5. The molecule has 0 aromatic heterocycles. The fraction of sp³-hybridized carbons (Fsp3) is 0.120. The third-order valence-electron chi connectivity index (χ3n) is 5.68. The minimum absolute atomic E-state index is 0.0150. The lowest BCUT2D eigenvalue weighted by molar-refractivity contribution is -0.384. The molecule has 1 aliphatic rings. The number of aliphatic hydroxyl groups is 1. The quantitative estimate of drug-likeness (QED) is 0.169. The number of carbonyl (C=O) groups is 2. The number of Topliss-reactive ketones (excluding diaryl/α,β-unsaturated/α-hetero) is 1. The second-order valence-corrected chi connectivity index (χ2v) is 7.79. The molecule has 184 valence electrons. The Labute approximate surface area is 202 Å². The van der Waals surface area contributed by atoms with Crippen LogP contribution in [0.1, 0.15) is 22.7 Å². The van der Waals surface area contributed by atoms with Gasteiger partial charge >= 0.3 is 6.18 Å². The summed E-state index contributed by atoms with van der Waals surface area (Å²) in [6, 6.07) is 13.4. The summed E-state index contributed by atoms with van der Waals surface area (Å²) in [5.74, 6) is -2.44. The van der Waals surface area contributed by atoms with E-state index in [0.29, 0.717) is 11.3 Å². The Hall–Kier alpha value is -4.67. The van der Waals surface area contributed by atoms with Crippen LogP contribution in [0.3, 0.4) is 0 Å². The number of methoxy groups -OCH3 is 1. The van der Waals surface area contributed by atoms with Gasteiger partial charge in [0.2, 0.25) is 0 Å². The van der Waals surface area contributed by atoms with E-state index in [1.165, 1.54) is 49.6 Å². The van der Waals surface area contributed by atoms with Gasteiger partial charge in [-0.3, -0.25) is 24.6 Å². The maximum Gasteiger partial charge on any atom is 0.416 e. The van der Waals surface area contributed by atoms with Gasteiger partial charge in [0.05, 0.1) is 29.2 Å². The van der Waals surface area contributed by atoms with Crippen molar-refractivity contribution in [2.24, 2.45) is 0 Å². The van der Waals surface area contributed by atoms with E-state index in [-0.39, 0.29) is 22.5 Å². The van der Waals surface area contributed by atoms with Gasteiger partial charge in [-0.2, -0.15) is 13.2 Å². The Balaban J connectivity index is 1.92. The highest BCUT2D eigenvalue weighted by atomic mass is 19.4. The van der Waals surface area contributed by atoms with Crippen molar-refractivity contribution in [2.75, 3.05) is 12.0 Å². The molecule has 0 saturated carbocycles. The number of rotatable bonds is 5. The predicted octanol–water partition coefficient (Wildman–Crippen LogP) is 5.25. The van der Waals surface area contributed by atoms with E-state index in [9.17, 15) is 38.0 Å². The lowest BCUT2D eigenvalue weighted by atomic mass is 9.95. The zero-order valence-electron chi connectivity index (χ0n) is 18.5. The van der Waals surface area contributed by atoms with Crippen molar-refractivity contribution in [3.63, 3.8) is 0 Å². The normalized spacial score (nSPS) is 17.3. The van der Waals surface area contributed by atoms with Crippen molar-refractivity contribution >= 4 is 28.8 Å². The van der Waals surface area contributed by atoms with Crippen LogP contribution in [0.15, 0.2) is 78.4 Å². The molecule has 0 unspecified atom stereocenters. The minimum atomic E-state index is -4.70. The van der Waals surface area contributed by atoms with E-state index in [4.69, 9.17) is 4.74 Å². The number of alkyl halides is 3. The number of halogens is 3. The van der Waals surface area contributed by atoms with Crippen LogP contribution >= 0.6 is 0 Å². The molecule has 8 nitrogen and oxygen atoms in total. The van der Waals surface area contributed by atoms with Gasteiger partial charge in [0.25, 0.3) is 17.4 Å². The molecule has 1 N–H and O–H groups in total. The highest BCUT2D eigenvalue weighted by molar-refractivity contribution is 6.51. The van der Waals surface area contributed by atoms with Crippen LogP contribution in [0.2, 0.25) is 0 Å². The van der Waals surface area contributed by atoms with Crippen LogP contribution in [0.5, 0.6) is 5.75 Å². The molecule has 0 radical (unpaired) electrons. The monoisotopic (exact) mass is 498 g/mol. The predicted molar refractivity (Wildman–Crippen MR) is 122 cm³/mol. The number of anilines is 1. The molecule has 1 fully saturated rings. The van der Waals surface area contributed by atoms with Crippen LogP contribution in [-0.2, 0) is 15.8 Å². The molecule has 11 heteroatoms. The number of benzene rings is 3. The molecule has 1 aliphatic heterocycles. The molecule has 1 heterocycles. The summed E-state index contributed by atoms with van der Waals surface area (Å²) in [4.78, 5) is 37.4. The van der Waals surface area contributed by atoms with Crippen LogP contribution in [0.4, 0.5) is 24.5 Å². The van der Waals surface area contributed by atoms with E-state index < -0.39 is 40.2 Å². The van der Waals surface area contributed by atoms with Crippen LogP contribution in [0.25, 0.3) is 5.76 Å². The number of ether oxygens (including phenoxy) is 1. The maximum absolute atomic E-state index is 13.4. The maximum atomic E-state index is 13.4. The van der Waals surface area contributed by atoms with Crippen molar-refractivity contribution in [3.8, 4) is 5.75 Å². The fourth-order valence-electron chi connectivity index (χ4n) is 3.93. The topological polar surface area (TPSA) is 110 Å². The third kappa shape index (κ3) is 4.38. The zero-order valence-corrected chi connectivity index (χ0v) is 18.5. The van der Waals surface area contributed by atoms with Crippen molar-refractivity contribution < 1.29 is 37.5 Å².